The van der Waals surface area contributed by atoms with Crippen LogP contribution in [0.2, 0.25) is 0 Å². The highest BCUT2D eigenvalue weighted by Gasteiger charge is 2.36. The SMILES string of the molecule is O[C@@H]1[C@@H](O)[C@@H](O)O[CH][C@H]1O. The maximum absolute atomic E-state index is 8.85. The number of hydrogen-bond acceptors (Lipinski definition) is 5. The highest BCUT2D eigenvalue weighted by molar-refractivity contribution is 4.87. The van der Waals surface area contributed by atoms with Gasteiger partial charge in [-0.25, -0.2) is 0 Å². The third kappa shape index (κ3) is 1.28. The zero-order valence-corrected chi connectivity index (χ0v) is 5.08. The Morgan fingerprint density at radius 1 is 1.00 bits per heavy atom. The van der Waals surface area contributed by atoms with Gasteiger partial charge < -0.3 is 25.2 Å². The minimum Gasteiger partial charge on any atom is -0.387 e. The Bertz CT molecular complexity index is 103. The number of rotatable bonds is 0. The van der Waals surface area contributed by atoms with Crippen molar-refractivity contribution in [3.8, 4) is 0 Å². The van der Waals surface area contributed by atoms with Crippen molar-refractivity contribution < 1.29 is 25.2 Å². The molecule has 0 aromatic carbocycles. The van der Waals surface area contributed by atoms with Gasteiger partial charge in [0.05, 0.1) is 0 Å². The Balaban J connectivity index is 2.52. The van der Waals surface area contributed by atoms with Crippen LogP contribution in [-0.2, 0) is 4.74 Å². The summed E-state index contributed by atoms with van der Waals surface area (Å²) in [5.74, 6) is 0. The van der Waals surface area contributed by atoms with Gasteiger partial charge in [-0.15, -0.1) is 0 Å². The predicted molar refractivity (Wildman–Crippen MR) is 29.4 cm³/mol. The van der Waals surface area contributed by atoms with Gasteiger partial charge in [0.15, 0.2) is 6.29 Å². The van der Waals surface area contributed by atoms with Crippen LogP contribution in [0.4, 0.5) is 0 Å². The van der Waals surface area contributed by atoms with Crippen molar-refractivity contribution in [1.82, 2.24) is 0 Å². The average molecular weight is 149 g/mol. The van der Waals surface area contributed by atoms with Crippen molar-refractivity contribution in [3.63, 3.8) is 0 Å². The quantitative estimate of drug-likeness (QED) is 0.308. The van der Waals surface area contributed by atoms with E-state index in [1.807, 2.05) is 0 Å². The van der Waals surface area contributed by atoms with Crippen LogP contribution in [0.3, 0.4) is 0 Å². The van der Waals surface area contributed by atoms with E-state index in [4.69, 9.17) is 20.4 Å². The van der Waals surface area contributed by atoms with Crippen LogP contribution >= 0.6 is 0 Å². The smallest absolute Gasteiger partial charge is 0.184 e. The lowest BCUT2D eigenvalue weighted by molar-refractivity contribution is -0.229. The Morgan fingerprint density at radius 3 is 2.10 bits per heavy atom. The van der Waals surface area contributed by atoms with Crippen molar-refractivity contribution in [2.45, 2.75) is 24.6 Å². The first-order chi connectivity index (χ1) is 4.63. The van der Waals surface area contributed by atoms with E-state index in [1.165, 1.54) is 0 Å². The molecule has 0 spiro atoms. The van der Waals surface area contributed by atoms with Gasteiger partial charge in [0.1, 0.15) is 24.9 Å². The molecule has 0 aromatic rings. The molecule has 5 nitrogen and oxygen atoms in total. The summed E-state index contributed by atoms with van der Waals surface area (Å²) in [6, 6.07) is 0. The molecule has 0 aliphatic carbocycles. The van der Waals surface area contributed by atoms with E-state index in [1.54, 1.807) is 0 Å². The number of ether oxygens (including phenoxy) is 1. The van der Waals surface area contributed by atoms with Crippen LogP contribution in [0.25, 0.3) is 0 Å². The van der Waals surface area contributed by atoms with Gasteiger partial charge in [-0.3, -0.25) is 0 Å². The van der Waals surface area contributed by atoms with Crippen LogP contribution in [0.15, 0.2) is 0 Å². The van der Waals surface area contributed by atoms with E-state index in [2.05, 4.69) is 4.74 Å². The molecule has 1 rings (SSSR count). The second-order valence-corrected chi connectivity index (χ2v) is 2.13. The molecular weight excluding hydrogens is 140 g/mol. The Kier molecular flexibility index (Phi) is 2.22. The first-order valence-electron chi connectivity index (χ1n) is 2.84. The standard InChI is InChI=1S/C5H9O5/c6-2-1-10-5(9)4(8)3(2)7/h1-9H/t2-,3+,4-,5+/m1/s1. The number of aliphatic hydroxyl groups excluding tert-OH is 4. The maximum Gasteiger partial charge on any atom is 0.184 e. The van der Waals surface area contributed by atoms with Gasteiger partial charge in [-0.05, 0) is 0 Å². The molecule has 59 valence electrons. The fourth-order valence-electron chi connectivity index (χ4n) is 0.693. The lowest BCUT2D eigenvalue weighted by atomic mass is 10.1. The number of aliphatic hydroxyl groups is 4. The van der Waals surface area contributed by atoms with E-state index in [0.717, 1.165) is 6.61 Å². The lowest BCUT2D eigenvalue weighted by Crippen LogP contribution is -2.50. The first kappa shape index (κ1) is 7.90. The summed E-state index contributed by atoms with van der Waals surface area (Å²) in [4.78, 5) is 0. The molecule has 1 fully saturated rings. The summed E-state index contributed by atoms with van der Waals surface area (Å²) in [5.41, 5.74) is 0. The van der Waals surface area contributed by atoms with Gasteiger partial charge in [0, 0.05) is 0 Å². The molecule has 0 bridgehead atoms. The molecule has 4 atom stereocenters. The number of hydrogen-bond donors (Lipinski definition) is 4. The van der Waals surface area contributed by atoms with Crippen LogP contribution < -0.4 is 0 Å². The molecule has 10 heavy (non-hydrogen) atoms. The van der Waals surface area contributed by atoms with E-state index in [9.17, 15) is 0 Å². The second-order valence-electron chi connectivity index (χ2n) is 2.13. The van der Waals surface area contributed by atoms with Gasteiger partial charge >= 0.3 is 0 Å². The van der Waals surface area contributed by atoms with Crippen molar-refractivity contribution in [2.75, 3.05) is 0 Å². The Labute approximate surface area is 57.5 Å². The largest absolute Gasteiger partial charge is 0.387 e. The Morgan fingerprint density at radius 2 is 1.60 bits per heavy atom. The summed E-state index contributed by atoms with van der Waals surface area (Å²) in [6.07, 6.45) is -5.50. The average Bonchev–Trinajstić information content (AvgIpc) is 1.93. The van der Waals surface area contributed by atoms with Gasteiger partial charge in [-0.1, -0.05) is 0 Å². The zero-order chi connectivity index (χ0) is 7.72. The van der Waals surface area contributed by atoms with Crippen molar-refractivity contribution in [3.05, 3.63) is 6.61 Å². The summed E-state index contributed by atoms with van der Waals surface area (Å²) in [5, 5.41) is 35.1. The molecule has 1 radical (unpaired) electrons. The Hall–Kier alpha value is -0.200. The predicted octanol–water partition coefficient (Wildman–Crippen LogP) is -2.42. The van der Waals surface area contributed by atoms with E-state index < -0.39 is 24.6 Å². The highest BCUT2D eigenvalue weighted by atomic mass is 16.6. The lowest BCUT2D eigenvalue weighted by Gasteiger charge is -2.31. The summed E-state index contributed by atoms with van der Waals surface area (Å²) in [7, 11) is 0. The van der Waals surface area contributed by atoms with E-state index in [-0.39, 0.29) is 0 Å². The molecule has 1 heterocycles. The minimum absolute atomic E-state index is 0.877. The summed E-state index contributed by atoms with van der Waals surface area (Å²) >= 11 is 0. The van der Waals surface area contributed by atoms with E-state index >= 15 is 0 Å². The molecule has 5 heteroatoms. The van der Waals surface area contributed by atoms with Crippen molar-refractivity contribution >= 4 is 0 Å². The van der Waals surface area contributed by atoms with Gasteiger partial charge in [0.2, 0.25) is 0 Å². The molecule has 1 saturated heterocycles. The third-order valence-electron chi connectivity index (χ3n) is 1.35. The van der Waals surface area contributed by atoms with Crippen molar-refractivity contribution in [1.29, 1.82) is 0 Å². The van der Waals surface area contributed by atoms with Crippen LogP contribution in [-0.4, -0.2) is 45.0 Å². The normalized spacial score (nSPS) is 49.2. The summed E-state index contributed by atoms with van der Waals surface area (Å²) < 4.78 is 4.34. The second kappa shape index (κ2) is 2.81. The van der Waals surface area contributed by atoms with Crippen LogP contribution in [0.1, 0.15) is 0 Å². The van der Waals surface area contributed by atoms with Crippen LogP contribution in [0.5, 0.6) is 0 Å². The maximum atomic E-state index is 8.85. The fraction of sp³-hybridized carbons (Fsp3) is 0.800. The van der Waals surface area contributed by atoms with Crippen molar-refractivity contribution in [2.24, 2.45) is 0 Å². The zero-order valence-electron chi connectivity index (χ0n) is 5.08. The topological polar surface area (TPSA) is 90.2 Å². The monoisotopic (exact) mass is 149 g/mol. The molecule has 1 aliphatic rings. The molecule has 1 aliphatic heterocycles. The first-order valence-corrected chi connectivity index (χ1v) is 2.84. The third-order valence-corrected chi connectivity index (χ3v) is 1.35. The molecular formula is C5H9O5. The molecule has 0 unspecified atom stereocenters. The molecule has 4 N–H and O–H groups in total. The fourth-order valence-corrected chi connectivity index (χ4v) is 0.693. The van der Waals surface area contributed by atoms with Crippen LogP contribution in [0, 0.1) is 6.61 Å². The molecule has 0 amide bonds. The highest BCUT2D eigenvalue weighted by Crippen LogP contribution is 2.15. The molecule has 0 aromatic heterocycles. The molecule has 0 saturated carbocycles. The minimum atomic E-state index is -1.45. The van der Waals surface area contributed by atoms with Gasteiger partial charge in [-0.2, -0.15) is 0 Å². The van der Waals surface area contributed by atoms with Gasteiger partial charge in [0.25, 0.3) is 0 Å². The summed E-state index contributed by atoms with van der Waals surface area (Å²) in [6.45, 7) is 0.877. The van der Waals surface area contributed by atoms with E-state index in [0.29, 0.717) is 0 Å².